The van der Waals surface area contributed by atoms with Crippen LogP contribution in [0.15, 0.2) is 71.3 Å². The Bertz CT molecular complexity index is 2680. The minimum absolute atomic E-state index is 0.0219. The first-order valence-corrected chi connectivity index (χ1v) is 21.5. The van der Waals surface area contributed by atoms with Gasteiger partial charge in [0, 0.05) is 48.2 Å². The third-order valence-electron chi connectivity index (χ3n) is 9.63. The number of ether oxygens (including phenoxy) is 1. The molecule has 1 fully saturated rings. The van der Waals surface area contributed by atoms with Crippen LogP contribution in [0.25, 0.3) is 6.08 Å². The summed E-state index contributed by atoms with van der Waals surface area (Å²) >= 11 is 0.792. The van der Waals surface area contributed by atoms with Crippen LogP contribution in [0.3, 0.4) is 0 Å². The van der Waals surface area contributed by atoms with Crippen LogP contribution in [0.2, 0.25) is 0 Å². The summed E-state index contributed by atoms with van der Waals surface area (Å²) in [5, 5.41) is 30.9. The highest BCUT2D eigenvalue weighted by molar-refractivity contribution is 7.92. The third-order valence-corrected chi connectivity index (χ3v) is 12.0. The number of aromatic nitrogens is 2. The molecule has 326 valence electrons. The predicted molar refractivity (Wildman–Crippen MR) is 226 cm³/mol. The first-order chi connectivity index (χ1) is 30.2. The summed E-state index contributed by atoms with van der Waals surface area (Å²) in [7, 11) is -2.91. The van der Waals surface area contributed by atoms with E-state index >= 15 is 0 Å². The number of methoxy groups -OCH3 is 1. The molecule has 2 aromatic carbocycles. The lowest BCUT2D eigenvalue weighted by atomic mass is 10.0. The van der Waals surface area contributed by atoms with E-state index in [4.69, 9.17) is 4.74 Å². The second-order valence-corrected chi connectivity index (χ2v) is 16.7. The fourth-order valence-electron chi connectivity index (χ4n) is 6.53. The summed E-state index contributed by atoms with van der Waals surface area (Å²) in [4.78, 5) is 95.4. The van der Waals surface area contributed by atoms with E-state index in [2.05, 4.69) is 36.0 Å². The third kappa shape index (κ3) is 10.8. The number of imide groups is 2. The molecule has 6 amide bonds. The Hall–Kier alpha value is -7.58. The molecule has 4 heterocycles. The molecule has 1 unspecified atom stereocenters. The number of hydrogen-bond acceptors (Lipinski definition) is 16. The molecule has 5 N–H and O–H groups in total. The Balaban J connectivity index is 0.915. The fourth-order valence-corrected chi connectivity index (χ4v) is 8.30. The number of unbranched alkanes of at least 4 members (excludes halogenated alkanes) is 1. The van der Waals surface area contributed by atoms with Gasteiger partial charge in [0.1, 0.15) is 17.7 Å². The molecule has 6 rings (SSSR count). The molecule has 2 aliphatic heterocycles. The zero-order chi connectivity index (χ0) is 45.3. The fraction of sp³-hybridized carbons (Fsp3) is 0.275. The predicted octanol–water partition coefficient (Wildman–Crippen LogP) is 3.53. The molecule has 0 spiro atoms. The maximum Gasteiger partial charge on any atom is 0.324 e. The standard InChI is InChI=1S/C40H38N10O11S2/c1-61-38-35(48-63(59,60)27-13-10-24(11-14-27)45-36(53)23(21-41)20-26-12-17-33(62-26)50(57)58)44-22-25(46-38)6-5-19-43-31(51)9-2-3-18-42-29-8-4-7-28-34(29)40(56)49(39(28)55)30-15-16-32(52)47-37(30)54/h4,7-8,10-14,17,20,22,30,42H,2-3,5-6,9,15-16,18-19H2,1H3,(H,43,51)(H,44,48)(H,45,53)(H,47,52,54)/b23-20+. The second kappa shape index (κ2) is 19.9. The first kappa shape index (κ1) is 45.0. The van der Waals surface area contributed by atoms with E-state index < -0.39 is 50.5 Å². The van der Waals surface area contributed by atoms with Crippen LogP contribution >= 0.6 is 11.3 Å². The molecular formula is C40H38N10O11S2. The van der Waals surface area contributed by atoms with Crippen LogP contribution in [-0.4, -0.2) is 89.9 Å². The second-order valence-electron chi connectivity index (χ2n) is 13.9. The molecule has 0 aliphatic carbocycles. The number of hydrogen-bond donors (Lipinski definition) is 5. The normalized spacial score (nSPS) is 15.0. The zero-order valence-electron chi connectivity index (χ0n) is 33.3. The molecule has 2 aromatic heterocycles. The van der Waals surface area contributed by atoms with Crippen molar-refractivity contribution in [3.8, 4) is 11.9 Å². The van der Waals surface area contributed by atoms with E-state index in [9.17, 15) is 52.6 Å². The summed E-state index contributed by atoms with van der Waals surface area (Å²) < 4.78 is 34.0. The number of nitrogens with one attached hydrogen (secondary N) is 5. The number of carbonyl (C=O) groups is 6. The summed E-state index contributed by atoms with van der Waals surface area (Å²) in [6.07, 6.45) is 4.87. The van der Waals surface area contributed by atoms with Gasteiger partial charge in [0.15, 0.2) is 0 Å². The number of sulfonamides is 1. The van der Waals surface area contributed by atoms with Crippen molar-refractivity contribution in [2.24, 2.45) is 0 Å². The van der Waals surface area contributed by atoms with Crippen molar-refractivity contribution in [1.82, 2.24) is 25.5 Å². The van der Waals surface area contributed by atoms with E-state index in [0.29, 0.717) is 55.0 Å². The molecule has 2 aliphatic rings. The largest absolute Gasteiger partial charge is 0.478 e. The van der Waals surface area contributed by atoms with Gasteiger partial charge in [0.25, 0.3) is 33.6 Å². The highest BCUT2D eigenvalue weighted by Crippen LogP contribution is 2.33. The number of aryl methyl sites for hydroxylation is 1. The number of amides is 6. The number of carbonyl (C=O) groups excluding carboxylic acids is 6. The number of thiophene rings is 1. The van der Waals surface area contributed by atoms with Crippen LogP contribution in [0.1, 0.15) is 69.8 Å². The lowest BCUT2D eigenvalue weighted by Crippen LogP contribution is -2.54. The van der Waals surface area contributed by atoms with E-state index in [0.717, 1.165) is 16.2 Å². The van der Waals surface area contributed by atoms with Crippen molar-refractivity contribution >= 4 is 85.1 Å². The number of piperidine rings is 1. The van der Waals surface area contributed by atoms with Crippen molar-refractivity contribution in [3.63, 3.8) is 0 Å². The minimum Gasteiger partial charge on any atom is -0.478 e. The number of anilines is 3. The van der Waals surface area contributed by atoms with Gasteiger partial charge in [-0.05, 0) is 80.6 Å². The van der Waals surface area contributed by atoms with E-state index in [1.54, 1.807) is 18.2 Å². The van der Waals surface area contributed by atoms with E-state index in [1.165, 1.54) is 61.8 Å². The average molecular weight is 899 g/mol. The highest BCUT2D eigenvalue weighted by Gasteiger charge is 2.45. The van der Waals surface area contributed by atoms with Crippen molar-refractivity contribution in [2.75, 3.05) is 35.6 Å². The molecule has 63 heavy (non-hydrogen) atoms. The van der Waals surface area contributed by atoms with Crippen molar-refractivity contribution in [2.45, 2.75) is 55.9 Å². The number of benzene rings is 2. The summed E-state index contributed by atoms with van der Waals surface area (Å²) in [6, 6.07) is 13.2. The smallest absolute Gasteiger partial charge is 0.324 e. The molecule has 0 radical (unpaired) electrons. The Morgan fingerprint density at radius 1 is 1.06 bits per heavy atom. The number of nitrogens with zero attached hydrogens (tertiary/aromatic N) is 5. The molecule has 1 atom stereocenters. The average Bonchev–Trinajstić information content (AvgIpc) is 3.84. The quantitative estimate of drug-likeness (QED) is 0.0225. The van der Waals surface area contributed by atoms with Gasteiger partial charge in [-0.25, -0.2) is 18.4 Å². The van der Waals surface area contributed by atoms with E-state index in [-0.39, 0.29) is 69.2 Å². The minimum atomic E-state index is -4.20. The number of fused-ring (bicyclic) bond motifs is 1. The van der Waals surface area contributed by atoms with Gasteiger partial charge in [-0.15, -0.1) is 0 Å². The molecule has 0 saturated carbocycles. The van der Waals surface area contributed by atoms with Gasteiger partial charge in [-0.1, -0.05) is 17.4 Å². The molecule has 1 saturated heterocycles. The molecular weight excluding hydrogens is 861 g/mol. The van der Waals surface area contributed by atoms with Crippen LogP contribution in [-0.2, 0) is 35.6 Å². The maximum absolute atomic E-state index is 13.3. The van der Waals surface area contributed by atoms with Gasteiger partial charge in [0.05, 0.1) is 39.9 Å². The Labute approximate surface area is 363 Å². The Morgan fingerprint density at radius 2 is 1.84 bits per heavy atom. The van der Waals surface area contributed by atoms with Crippen LogP contribution < -0.4 is 30.7 Å². The molecule has 0 bridgehead atoms. The molecule has 21 nitrogen and oxygen atoms in total. The number of nitriles is 1. The van der Waals surface area contributed by atoms with E-state index in [1.807, 2.05) is 0 Å². The van der Waals surface area contributed by atoms with Gasteiger partial charge in [-0.3, -0.25) is 53.8 Å². The monoisotopic (exact) mass is 898 g/mol. The van der Waals surface area contributed by atoms with Crippen molar-refractivity contribution in [3.05, 3.63) is 98.2 Å². The molecule has 4 aromatic rings. The topological polar surface area (TPSA) is 302 Å². The summed E-state index contributed by atoms with van der Waals surface area (Å²) in [5.41, 5.74) is 1.10. The van der Waals surface area contributed by atoms with Crippen LogP contribution in [0.4, 0.5) is 22.2 Å². The zero-order valence-corrected chi connectivity index (χ0v) is 35.0. The van der Waals surface area contributed by atoms with Gasteiger partial charge < -0.3 is 20.7 Å². The highest BCUT2D eigenvalue weighted by atomic mass is 32.2. The summed E-state index contributed by atoms with van der Waals surface area (Å²) in [5.74, 6) is -3.59. The van der Waals surface area contributed by atoms with Crippen LogP contribution in [0, 0.1) is 21.4 Å². The Morgan fingerprint density at radius 3 is 2.54 bits per heavy atom. The molecule has 23 heteroatoms. The Kier molecular flexibility index (Phi) is 14.2. The first-order valence-electron chi connectivity index (χ1n) is 19.2. The van der Waals surface area contributed by atoms with Crippen molar-refractivity contribution in [1.29, 1.82) is 5.26 Å². The maximum atomic E-state index is 13.3. The van der Waals surface area contributed by atoms with Gasteiger partial charge >= 0.3 is 5.00 Å². The SMILES string of the molecule is COc1nc(CCCNC(=O)CCCCNc2cccc3c2C(=O)N(C2CCC(=O)NC2=O)C3=O)cnc1NS(=O)(=O)c1ccc(NC(=O)/C(C#N)=C/c2ccc([N+](=O)[O-])s2)cc1. The van der Waals surface area contributed by atoms with Gasteiger partial charge in [0.2, 0.25) is 23.5 Å². The van der Waals surface area contributed by atoms with Crippen molar-refractivity contribution < 1.29 is 46.8 Å². The van der Waals surface area contributed by atoms with Gasteiger partial charge in [-0.2, -0.15) is 5.26 Å². The lowest BCUT2D eigenvalue weighted by molar-refractivity contribution is -0.380. The number of rotatable bonds is 19. The van der Waals surface area contributed by atoms with Crippen LogP contribution in [0.5, 0.6) is 5.88 Å². The number of nitro groups is 1. The lowest BCUT2D eigenvalue weighted by Gasteiger charge is -2.27. The summed E-state index contributed by atoms with van der Waals surface area (Å²) in [6.45, 7) is 0.733.